The zero-order valence-corrected chi connectivity index (χ0v) is 29.8. The summed E-state index contributed by atoms with van der Waals surface area (Å²) in [7, 11) is -1.38. The van der Waals surface area contributed by atoms with Gasteiger partial charge < -0.3 is 9.84 Å². The second kappa shape index (κ2) is 16.4. The fraction of sp³-hybridized carbons (Fsp3) is 0.625. The Hall–Kier alpha value is -2.59. The molecule has 1 N–H and O–H groups in total. The smallest absolute Gasteiger partial charge is 0.423 e. The Morgan fingerprint density at radius 2 is 1.62 bits per heavy atom. The van der Waals surface area contributed by atoms with Gasteiger partial charge in [-0.2, -0.15) is 22.0 Å². The van der Waals surface area contributed by atoms with Gasteiger partial charge in [-0.05, 0) is 115 Å². The van der Waals surface area contributed by atoms with Gasteiger partial charge in [0.05, 0.1) is 11.7 Å². The number of rotatable bonds is 16. The molecule has 0 radical (unpaired) electrons. The molecule has 2 fully saturated rings. The zero-order chi connectivity index (χ0) is 36.1. The molecule has 3 aliphatic rings. The highest BCUT2D eigenvalue weighted by atomic mass is 32.2. The maximum atomic E-state index is 13.0. The van der Waals surface area contributed by atoms with Crippen LogP contribution in [0.5, 0.6) is 5.75 Å². The molecule has 1 unspecified atom stereocenters. The number of hydrogen-bond donors (Lipinski definition) is 1. The van der Waals surface area contributed by atoms with Crippen LogP contribution < -0.4 is 4.74 Å². The fourth-order valence-corrected chi connectivity index (χ4v) is 10.2. The van der Waals surface area contributed by atoms with Gasteiger partial charge in [-0.3, -0.25) is 4.21 Å². The number of hydrogen-bond acceptors (Lipinski definition) is 4. The van der Waals surface area contributed by atoms with Crippen molar-refractivity contribution < 1.29 is 40.8 Å². The molecule has 0 spiro atoms. The van der Waals surface area contributed by atoms with Crippen molar-refractivity contribution in [2.75, 3.05) is 11.5 Å². The molecule has 0 saturated heterocycles. The average molecular weight is 723 g/mol. The van der Waals surface area contributed by atoms with Crippen LogP contribution in [0.15, 0.2) is 60.7 Å². The number of carbonyl (C=O) groups excluding carboxylic acids is 1. The van der Waals surface area contributed by atoms with Gasteiger partial charge in [0.2, 0.25) is 0 Å². The van der Waals surface area contributed by atoms with Gasteiger partial charge in [0.1, 0.15) is 5.75 Å². The van der Waals surface area contributed by atoms with Crippen molar-refractivity contribution >= 4 is 16.8 Å². The lowest BCUT2D eigenvalue weighted by Crippen LogP contribution is -2.44. The molecule has 0 amide bonds. The van der Waals surface area contributed by atoms with Crippen LogP contribution in [0.3, 0.4) is 0 Å². The standard InChI is InChI=1S/C40H51F5O4S/c1-27-35(46)26-34-36-29(16-9-6-4-3-5-7-12-22-50(48)23-13-20-39(41,42)40(43,44)45)24-30-25-31(49-37(47)28-14-10-8-11-15-28)17-18-32(30)33(36)19-21-38(27,34)2/h8,10-11,14-15,17-18,25,29,33-36,46H,1,3-7,9,12-13,16,19-24,26H2,2H3/t29-,33-,34+,35-,36-,38-,50?/m1/s1. The zero-order valence-electron chi connectivity index (χ0n) is 29.0. The Balaban J connectivity index is 1.11. The van der Waals surface area contributed by atoms with E-state index in [1.54, 1.807) is 12.1 Å². The minimum Gasteiger partial charge on any atom is -0.423 e. The summed E-state index contributed by atoms with van der Waals surface area (Å²) >= 11 is 0. The molecular weight excluding hydrogens is 671 g/mol. The van der Waals surface area contributed by atoms with Crippen LogP contribution in [-0.2, 0) is 17.2 Å². The van der Waals surface area contributed by atoms with Crippen LogP contribution in [-0.4, -0.2) is 45.0 Å². The van der Waals surface area contributed by atoms with Crippen molar-refractivity contribution in [1.82, 2.24) is 0 Å². The van der Waals surface area contributed by atoms with Crippen molar-refractivity contribution in [1.29, 1.82) is 0 Å². The first-order valence-corrected chi connectivity index (χ1v) is 19.8. The Bertz CT molecular complexity index is 1490. The van der Waals surface area contributed by atoms with Crippen molar-refractivity contribution in [2.45, 2.75) is 121 Å². The SMILES string of the molecule is C=C1[C@H](O)C[C@H]2[C@@H]3[C@H](CCCCCCCCCS(=O)CCCC(F)(F)C(F)(F)F)Cc4cc(OC(=O)c5ccccc5)ccc4[C@H]3CC[C@]12C. The van der Waals surface area contributed by atoms with E-state index in [0.717, 1.165) is 76.2 Å². The third kappa shape index (κ3) is 8.88. The fourth-order valence-electron chi connectivity index (χ4n) is 9.03. The van der Waals surface area contributed by atoms with Gasteiger partial charge in [-0.15, -0.1) is 0 Å². The minimum atomic E-state index is -5.56. The summed E-state index contributed by atoms with van der Waals surface area (Å²) < 4.78 is 80.9. The molecule has 0 aliphatic heterocycles. The van der Waals surface area contributed by atoms with E-state index < -0.39 is 41.8 Å². The lowest BCUT2D eigenvalue weighted by molar-refractivity contribution is -0.284. The van der Waals surface area contributed by atoms with Crippen LogP contribution in [0.25, 0.3) is 0 Å². The van der Waals surface area contributed by atoms with E-state index >= 15 is 0 Å². The first kappa shape index (κ1) is 38.6. The van der Waals surface area contributed by atoms with E-state index in [-0.39, 0.29) is 17.1 Å². The molecule has 0 bridgehead atoms. The van der Waals surface area contributed by atoms with E-state index in [2.05, 4.69) is 25.6 Å². The maximum absolute atomic E-state index is 13.0. The van der Waals surface area contributed by atoms with Gasteiger partial charge in [0.15, 0.2) is 0 Å². The van der Waals surface area contributed by atoms with E-state index in [1.807, 2.05) is 24.3 Å². The molecule has 7 atom stereocenters. The summed E-state index contributed by atoms with van der Waals surface area (Å²) in [5.41, 5.74) is 4.04. The number of aliphatic hydroxyl groups excluding tert-OH is 1. The highest BCUT2D eigenvalue weighted by Gasteiger charge is 2.57. The molecule has 0 heterocycles. The predicted molar refractivity (Wildman–Crippen MR) is 187 cm³/mol. The number of aliphatic hydroxyl groups is 1. The van der Waals surface area contributed by atoms with Crippen LogP contribution >= 0.6 is 0 Å². The number of unbranched alkanes of at least 4 members (excludes halogenated alkanes) is 6. The number of ether oxygens (including phenoxy) is 1. The molecular formula is C40H51F5O4S. The Morgan fingerprint density at radius 1 is 0.960 bits per heavy atom. The van der Waals surface area contributed by atoms with Gasteiger partial charge in [-0.1, -0.05) is 76.3 Å². The molecule has 4 nitrogen and oxygen atoms in total. The van der Waals surface area contributed by atoms with Crippen LogP contribution in [0.4, 0.5) is 22.0 Å². The highest BCUT2D eigenvalue weighted by molar-refractivity contribution is 7.84. The molecule has 50 heavy (non-hydrogen) atoms. The van der Waals surface area contributed by atoms with E-state index in [4.69, 9.17) is 4.74 Å². The molecule has 5 rings (SSSR count). The van der Waals surface area contributed by atoms with Crippen LogP contribution in [0, 0.1) is 23.2 Å². The van der Waals surface area contributed by atoms with Crippen molar-refractivity contribution in [2.24, 2.45) is 23.2 Å². The summed E-state index contributed by atoms with van der Waals surface area (Å²) in [6.45, 7) is 6.64. The monoisotopic (exact) mass is 722 g/mol. The molecule has 2 saturated carbocycles. The third-order valence-electron chi connectivity index (χ3n) is 11.8. The molecule has 10 heteroatoms. The Labute approximate surface area is 295 Å². The lowest BCUT2D eigenvalue weighted by Gasteiger charge is -2.52. The number of esters is 1. The average Bonchev–Trinajstić information content (AvgIpc) is 3.30. The summed E-state index contributed by atoms with van der Waals surface area (Å²) in [6.07, 6.45) is 3.84. The topological polar surface area (TPSA) is 63.6 Å². The third-order valence-corrected chi connectivity index (χ3v) is 13.3. The van der Waals surface area contributed by atoms with Gasteiger partial charge in [0, 0.05) is 28.7 Å². The van der Waals surface area contributed by atoms with Gasteiger partial charge in [-0.25, -0.2) is 4.79 Å². The summed E-state index contributed by atoms with van der Waals surface area (Å²) in [4.78, 5) is 12.8. The van der Waals surface area contributed by atoms with Crippen molar-refractivity contribution in [3.05, 3.63) is 77.4 Å². The van der Waals surface area contributed by atoms with Crippen molar-refractivity contribution in [3.8, 4) is 5.75 Å². The normalized spacial score (nSPS) is 26.9. The molecule has 2 aromatic rings. The lowest BCUT2D eigenvalue weighted by atomic mass is 9.52. The predicted octanol–water partition coefficient (Wildman–Crippen LogP) is 10.4. The maximum Gasteiger partial charge on any atom is 0.453 e. The number of carbonyl (C=O) groups is 1. The molecule has 0 aromatic heterocycles. The van der Waals surface area contributed by atoms with Crippen LogP contribution in [0.1, 0.15) is 118 Å². The number of halogens is 5. The van der Waals surface area contributed by atoms with E-state index in [1.165, 1.54) is 11.1 Å². The Morgan fingerprint density at radius 3 is 2.32 bits per heavy atom. The summed E-state index contributed by atoms with van der Waals surface area (Å²) in [5, 5.41) is 10.9. The number of fused-ring (bicyclic) bond motifs is 5. The van der Waals surface area contributed by atoms with E-state index in [0.29, 0.717) is 47.2 Å². The summed E-state index contributed by atoms with van der Waals surface area (Å²) in [6, 6.07) is 15.1. The van der Waals surface area contributed by atoms with Crippen molar-refractivity contribution in [3.63, 3.8) is 0 Å². The first-order valence-electron chi connectivity index (χ1n) is 18.3. The van der Waals surface area contributed by atoms with E-state index in [9.17, 15) is 36.1 Å². The second-order valence-corrected chi connectivity index (χ2v) is 16.7. The first-order chi connectivity index (χ1) is 23.7. The molecule has 2 aromatic carbocycles. The highest BCUT2D eigenvalue weighted by Crippen LogP contribution is 2.64. The van der Waals surface area contributed by atoms with Crippen LogP contribution in [0.2, 0.25) is 0 Å². The minimum absolute atomic E-state index is 0.0562. The number of benzene rings is 2. The molecule has 276 valence electrons. The largest absolute Gasteiger partial charge is 0.453 e. The second-order valence-electron chi connectivity index (χ2n) is 15.0. The summed E-state index contributed by atoms with van der Waals surface area (Å²) in [5.74, 6) is -2.67. The number of alkyl halides is 5. The molecule has 3 aliphatic carbocycles. The Kier molecular flexibility index (Phi) is 12.7. The van der Waals surface area contributed by atoms with Gasteiger partial charge >= 0.3 is 18.1 Å². The quantitative estimate of drug-likeness (QED) is 0.0616. The van der Waals surface area contributed by atoms with Gasteiger partial charge in [0.25, 0.3) is 0 Å².